The summed E-state index contributed by atoms with van der Waals surface area (Å²) in [6.07, 6.45) is 9.58. The molecule has 1 aliphatic carbocycles. The van der Waals surface area contributed by atoms with Crippen LogP contribution in [-0.2, 0) is 5.41 Å². The van der Waals surface area contributed by atoms with Gasteiger partial charge in [-0.3, -0.25) is 0 Å². The Hall–Kier alpha value is -1.00. The molecule has 2 atom stereocenters. The lowest BCUT2D eigenvalue weighted by Gasteiger charge is -2.25. The average Bonchev–Trinajstić information content (AvgIpc) is 3.15. The van der Waals surface area contributed by atoms with Crippen molar-refractivity contribution in [2.24, 2.45) is 0 Å². The molecule has 1 aliphatic heterocycles. The van der Waals surface area contributed by atoms with Gasteiger partial charge in [0.15, 0.2) is 0 Å². The van der Waals surface area contributed by atoms with E-state index in [1.807, 2.05) is 0 Å². The van der Waals surface area contributed by atoms with E-state index in [0.29, 0.717) is 6.04 Å². The van der Waals surface area contributed by atoms with E-state index < -0.39 is 0 Å². The van der Waals surface area contributed by atoms with Gasteiger partial charge in [-0.05, 0) is 47.3 Å². The highest BCUT2D eigenvalue weighted by Crippen LogP contribution is 2.54. The fourth-order valence-electron chi connectivity index (χ4n) is 3.76. The molecule has 0 aromatic carbocycles. The van der Waals surface area contributed by atoms with Gasteiger partial charge < -0.3 is 9.88 Å². The van der Waals surface area contributed by atoms with E-state index in [0.717, 1.165) is 34.7 Å². The molecule has 20 heavy (non-hydrogen) atoms. The van der Waals surface area contributed by atoms with Crippen molar-refractivity contribution >= 4 is 33.3 Å². The Morgan fingerprint density at radius 1 is 1.40 bits per heavy atom. The molecule has 5 heteroatoms. The molecule has 1 saturated carbocycles. The van der Waals surface area contributed by atoms with Crippen LogP contribution < -0.4 is 5.32 Å². The highest BCUT2D eigenvalue weighted by Gasteiger charge is 2.47. The van der Waals surface area contributed by atoms with Crippen LogP contribution in [0.4, 0.5) is 5.82 Å². The summed E-state index contributed by atoms with van der Waals surface area (Å²) in [5.41, 5.74) is 1.35. The van der Waals surface area contributed by atoms with Crippen molar-refractivity contribution in [1.29, 1.82) is 0 Å². The molecule has 2 aromatic heterocycles. The normalized spacial score (nSPS) is 27.8. The minimum Gasteiger partial charge on any atom is -0.369 e. The monoisotopic (exact) mass is 351 g/mol. The highest BCUT2D eigenvalue weighted by atomic mass is 79.9. The third kappa shape index (κ3) is 1.74. The van der Waals surface area contributed by atoms with E-state index in [1.54, 1.807) is 6.20 Å². The van der Waals surface area contributed by atoms with Crippen LogP contribution in [0.1, 0.15) is 30.9 Å². The van der Waals surface area contributed by atoms with Crippen LogP contribution in [0.15, 0.2) is 35.2 Å². The standard InChI is InChI=1S/C15H15BrClN3/c16-11-8-18-14-12(13(11)17)15(9-19-14)4-3-10(7-15)20-5-1-2-6-20/h1-2,5-6,8,10H,3-4,7,9H2,(H,18,19). The van der Waals surface area contributed by atoms with Gasteiger partial charge in [-0.15, -0.1) is 0 Å². The SMILES string of the molecule is Clc1c(Br)cnc2c1C1(CCC(n3cccc3)C1)CN2. The lowest BCUT2D eigenvalue weighted by Crippen LogP contribution is -2.25. The molecular formula is C15H15BrClN3. The first-order valence-corrected chi connectivity index (χ1v) is 8.07. The molecule has 4 rings (SSSR count). The maximum atomic E-state index is 6.55. The maximum absolute atomic E-state index is 6.55. The Kier molecular flexibility index (Phi) is 2.86. The number of nitrogens with one attached hydrogen (secondary N) is 1. The van der Waals surface area contributed by atoms with Crippen LogP contribution in [-0.4, -0.2) is 16.1 Å². The third-order valence-electron chi connectivity index (χ3n) is 4.73. The predicted octanol–water partition coefficient (Wildman–Crippen LogP) is 4.39. The number of hydrogen-bond donors (Lipinski definition) is 1. The molecule has 0 amide bonds. The number of nitrogens with zero attached hydrogens (tertiary/aromatic N) is 2. The minimum atomic E-state index is 0.137. The summed E-state index contributed by atoms with van der Waals surface area (Å²) < 4.78 is 3.22. The Labute approximate surface area is 131 Å². The zero-order chi connectivity index (χ0) is 13.7. The van der Waals surface area contributed by atoms with Crippen LogP contribution in [0.25, 0.3) is 0 Å². The second kappa shape index (κ2) is 4.50. The topological polar surface area (TPSA) is 29.9 Å². The molecule has 104 valence electrons. The Balaban J connectivity index is 1.74. The molecule has 0 saturated heterocycles. The molecule has 0 bridgehead atoms. The molecule has 1 N–H and O–H groups in total. The fourth-order valence-corrected chi connectivity index (χ4v) is 4.40. The van der Waals surface area contributed by atoms with Gasteiger partial charge in [-0.2, -0.15) is 0 Å². The predicted molar refractivity (Wildman–Crippen MR) is 84.4 cm³/mol. The van der Waals surface area contributed by atoms with Crippen LogP contribution in [0.3, 0.4) is 0 Å². The lowest BCUT2D eigenvalue weighted by atomic mass is 9.81. The maximum Gasteiger partial charge on any atom is 0.131 e. The van der Waals surface area contributed by atoms with Crippen molar-refractivity contribution in [3.63, 3.8) is 0 Å². The summed E-state index contributed by atoms with van der Waals surface area (Å²) in [7, 11) is 0. The van der Waals surface area contributed by atoms with Crippen molar-refractivity contribution in [1.82, 2.24) is 9.55 Å². The van der Waals surface area contributed by atoms with Crippen LogP contribution >= 0.6 is 27.5 Å². The minimum absolute atomic E-state index is 0.137. The van der Waals surface area contributed by atoms with Crippen molar-refractivity contribution in [2.45, 2.75) is 30.7 Å². The zero-order valence-electron chi connectivity index (χ0n) is 10.9. The fraction of sp³-hybridized carbons (Fsp3) is 0.400. The summed E-state index contributed by atoms with van der Waals surface area (Å²) >= 11 is 10.1. The number of hydrogen-bond acceptors (Lipinski definition) is 2. The van der Waals surface area contributed by atoms with Crippen molar-refractivity contribution in [3.05, 3.63) is 45.8 Å². The highest BCUT2D eigenvalue weighted by molar-refractivity contribution is 9.10. The molecule has 2 aliphatic rings. The first-order chi connectivity index (χ1) is 9.70. The molecule has 3 nitrogen and oxygen atoms in total. The summed E-state index contributed by atoms with van der Waals surface area (Å²) in [4.78, 5) is 4.48. The Bertz CT molecular complexity index is 655. The van der Waals surface area contributed by atoms with Crippen molar-refractivity contribution in [3.8, 4) is 0 Å². The smallest absolute Gasteiger partial charge is 0.131 e. The van der Waals surface area contributed by atoms with Gasteiger partial charge in [0.25, 0.3) is 0 Å². The molecule has 1 fully saturated rings. The van der Waals surface area contributed by atoms with E-state index >= 15 is 0 Å². The van der Waals surface area contributed by atoms with Gasteiger partial charge in [0.1, 0.15) is 5.82 Å². The van der Waals surface area contributed by atoms with E-state index in [4.69, 9.17) is 11.6 Å². The van der Waals surface area contributed by atoms with Crippen LogP contribution in [0.2, 0.25) is 5.02 Å². The number of anilines is 1. The van der Waals surface area contributed by atoms with Crippen molar-refractivity contribution < 1.29 is 0 Å². The van der Waals surface area contributed by atoms with Gasteiger partial charge in [0.2, 0.25) is 0 Å². The summed E-state index contributed by atoms with van der Waals surface area (Å²) in [6.45, 7) is 0.948. The lowest BCUT2D eigenvalue weighted by molar-refractivity contribution is 0.443. The summed E-state index contributed by atoms with van der Waals surface area (Å²) in [5.74, 6) is 0.964. The Morgan fingerprint density at radius 2 is 2.20 bits per heavy atom. The van der Waals surface area contributed by atoms with Gasteiger partial charge in [0, 0.05) is 42.2 Å². The molecule has 2 unspecified atom stereocenters. The van der Waals surface area contributed by atoms with Gasteiger partial charge >= 0.3 is 0 Å². The van der Waals surface area contributed by atoms with E-state index in [9.17, 15) is 0 Å². The zero-order valence-corrected chi connectivity index (χ0v) is 13.3. The number of rotatable bonds is 1. The Morgan fingerprint density at radius 3 is 3.00 bits per heavy atom. The van der Waals surface area contributed by atoms with Crippen LogP contribution in [0.5, 0.6) is 0 Å². The molecule has 2 aromatic rings. The third-order valence-corrected chi connectivity index (χ3v) is 5.95. The van der Waals surface area contributed by atoms with E-state index in [-0.39, 0.29) is 5.41 Å². The molecule has 1 spiro atoms. The van der Waals surface area contributed by atoms with Crippen molar-refractivity contribution in [2.75, 3.05) is 11.9 Å². The quantitative estimate of drug-likeness (QED) is 0.825. The van der Waals surface area contributed by atoms with Gasteiger partial charge in [0.05, 0.1) is 9.50 Å². The van der Waals surface area contributed by atoms with Gasteiger partial charge in [-0.25, -0.2) is 4.98 Å². The molecule has 3 heterocycles. The summed E-state index contributed by atoms with van der Waals surface area (Å²) in [5, 5.41) is 4.27. The summed E-state index contributed by atoms with van der Waals surface area (Å²) in [6, 6.07) is 4.75. The van der Waals surface area contributed by atoms with E-state index in [2.05, 4.69) is 55.3 Å². The average molecular weight is 353 g/mol. The number of halogens is 2. The second-order valence-electron chi connectivity index (χ2n) is 5.80. The van der Waals surface area contributed by atoms with Crippen LogP contribution in [0, 0.1) is 0 Å². The first-order valence-electron chi connectivity index (χ1n) is 6.90. The first kappa shape index (κ1) is 12.7. The largest absolute Gasteiger partial charge is 0.369 e. The number of pyridine rings is 1. The molecular weight excluding hydrogens is 338 g/mol. The van der Waals surface area contributed by atoms with E-state index in [1.165, 1.54) is 12.0 Å². The van der Waals surface area contributed by atoms with Gasteiger partial charge in [-0.1, -0.05) is 11.6 Å². The number of fused-ring (bicyclic) bond motifs is 2. The number of aromatic nitrogens is 2. The second-order valence-corrected chi connectivity index (χ2v) is 7.04. The molecule has 0 radical (unpaired) electrons.